The second kappa shape index (κ2) is 4.65. The van der Waals surface area contributed by atoms with E-state index in [9.17, 15) is 5.11 Å². The molecule has 0 saturated heterocycles. The van der Waals surface area contributed by atoms with Crippen molar-refractivity contribution in [1.29, 1.82) is 0 Å². The highest BCUT2D eigenvalue weighted by Gasteiger charge is 2.19. The lowest BCUT2D eigenvalue weighted by molar-refractivity contribution is 0.353. The predicted octanol–water partition coefficient (Wildman–Crippen LogP) is 1.85. The van der Waals surface area contributed by atoms with Crippen LogP contribution in [0, 0.1) is 0 Å². The molecule has 0 unspecified atom stereocenters. The molecular formula is C13H14N6O2. The predicted molar refractivity (Wildman–Crippen MR) is 73.2 cm³/mol. The van der Waals surface area contributed by atoms with Gasteiger partial charge in [0.25, 0.3) is 5.89 Å². The van der Waals surface area contributed by atoms with Gasteiger partial charge in [0, 0.05) is 11.8 Å². The van der Waals surface area contributed by atoms with Crippen molar-refractivity contribution in [2.45, 2.75) is 26.3 Å². The van der Waals surface area contributed by atoms with Crippen LogP contribution in [-0.4, -0.2) is 35.0 Å². The van der Waals surface area contributed by atoms with Crippen LogP contribution >= 0.6 is 0 Å². The Kier molecular flexibility index (Phi) is 2.93. The molecule has 8 heteroatoms. The second-order valence-corrected chi connectivity index (χ2v) is 5.54. The van der Waals surface area contributed by atoms with Gasteiger partial charge in [0.2, 0.25) is 11.6 Å². The average molecular weight is 286 g/mol. The van der Waals surface area contributed by atoms with Crippen molar-refractivity contribution in [1.82, 2.24) is 29.9 Å². The molecule has 0 spiro atoms. The third-order valence-electron chi connectivity index (χ3n) is 2.78. The second-order valence-electron chi connectivity index (χ2n) is 5.54. The Morgan fingerprint density at radius 3 is 2.67 bits per heavy atom. The van der Waals surface area contributed by atoms with Gasteiger partial charge in [0.05, 0.1) is 11.7 Å². The maximum absolute atomic E-state index is 9.41. The minimum absolute atomic E-state index is 0.0361. The van der Waals surface area contributed by atoms with E-state index in [0.29, 0.717) is 17.2 Å². The molecule has 0 aromatic carbocycles. The molecule has 0 aliphatic carbocycles. The van der Waals surface area contributed by atoms with Gasteiger partial charge < -0.3 is 9.63 Å². The van der Waals surface area contributed by atoms with Gasteiger partial charge in [0.1, 0.15) is 12.1 Å². The van der Waals surface area contributed by atoms with Crippen LogP contribution in [0.25, 0.3) is 23.1 Å². The molecule has 0 radical (unpaired) electrons. The van der Waals surface area contributed by atoms with Gasteiger partial charge in [-0.3, -0.25) is 4.98 Å². The highest BCUT2D eigenvalue weighted by molar-refractivity contribution is 5.57. The first-order valence-corrected chi connectivity index (χ1v) is 6.34. The fraction of sp³-hybridized carbons (Fsp3) is 0.308. The van der Waals surface area contributed by atoms with Crippen molar-refractivity contribution in [3.8, 4) is 28.9 Å². The lowest BCUT2D eigenvalue weighted by Gasteiger charge is -2.17. The number of rotatable bonds is 2. The minimum Gasteiger partial charge on any atom is -0.506 e. The Bertz CT molecular complexity index is 771. The number of aromatic hydroxyl groups is 1. The summed E-state index contributed by atoms with van der Waals surface area (Å²) in [4.78, 5) is 12.3. The van der Waals surface area contributed by atoms with Crippen molar-refractivity contribution >= 4 is 0 Å². The monoisotopic (exact) mass is 286 g/mol. The van der Waals surface area contributed by atoms with Gasteiger partial charge in [-0.15, -0.1) is 5.10 Å². The van der Waals surface area contributed by atoms with Gasteiger partial charge in [-0.25, -0.2) is 9.67 Å². The number of aromatic nitrogens is 6. The number of hydrogen-bond donors (Lipinski definition) is 1. The molecule has 8 nitrogen and oxygen atoms in total. The molecule has 0 atom stereocenters. The summed E-state index contributed by atoms with van der Waals surface area (Å²) in [6.07, 6.45) is 4.49. The molecule has 0 aliphatic rings. The summed E-state index contributed by atoms with van der Waals surface area (Å²) in [6.45, 7) is 6.05. The molecule has 0 saturated carbocycles. The number of hydrogen-bond acceptors (Lipinski definition) is 7. The van der Waals surface area contributed by atoms with Crippen LogP contribution in [-0.2, 0) is 5.54 Å². The van der Waals surface area contributed by atoms with Crippen molar-refractivity contribution in [3.05, 3.63) is 24.8 Å². The van der Waals surface area contributed by atoms with Crippen LogP contribution in [0.4, 0.5) is 0 Å². The maximum atomic E-state index is 9.41. The van der Waals surface area contributed by atoms with E-state index >= 15 is 0 Å². The Morgan fingerprint density at radius 1 is 1.19 bits per heavy atom. The maximum Gasteiger partial charge on any atom is 0.297 e. The Labute approximate surface area is 120 Å². The zero-order valence-electron chi connectivity index (χ0n) is 11.8. The Balaban J connectivity index is 1.93. The highest BCUT2D eigenvalue weighted by atomic mass is 16.5. The largest absolute Gasteiger partial charge is 0.506 e. The topological polar surface area (TPSA) is 103 Å². The quantitative estimate of drug-likeness (QED) is 0.766. The smallest absolute Gasteiger partial charge is 0.297 e. The van der Waals surface area contributed by atoms with E-state index in [-0.39, 0.29) is 17.2 Å². The first kappa shape index (κ1) is 13.2. The lowest BCUT2D eigenvalue weighted by atomic mass is 10.1. The summed E-state index contributed by atoms with van der Waals surface area (Å²) in [5, 5.41) is 17.6. The zero-order valence-corrected chi connectivity index (χ0v) is 11.8. The first-order valence-electron chi connectivity index (χ1n) is 6.34. The summed E-state index contributed by atoms with van der Waals surface area (Å²) < 4.78 is 6.89. The molecule has 0 fully saturated rings. The van der Waals surface area contributed by atoms with Crippen molar-refractivity contribution < 1.29 is 9.63 Å². The van der Waals surface area contributed by atoms with Crippen LogP contribution in [0.5, 0.6) is 5.75 Å². The van der Waals surface area contributed by atoms with Gasteiger partial charge in [-0.1, -0.05) is 5.16 Å². The van der Waals surface area contributed by atoms with Crippen LogP contribution in [0.1, 0.15) is 20.8 Å². The molecule has 3 aromatic heterocycles. The fourth-order valence-corrected chi connectivity index (χ4v) is 1.67. The molecule has 3 heterocycles. The molecule has 1 N–H and O–H groups in total. The van der Waals surface area contributed by atoms with Crippen molar-refractivity contribution in [3.63, 3.8) is 0 Å². The molecule has 108 valence electrons. The number of pyridine rings is 1. The Morgan fingerprint density at radius 2 is 2.00 bits per heavy atom. The summed E-state index contributed by atoms with van der Waals surface area (Å²) in [6, 6.07) is 1.50. The molecule has 0 amide bonds. The van der Waals surface area contributed by atoms with E-state index < -0.39 is 0 Å². The van der Waals surface area contributed by atoms with Crippen molar-refractivity contribution in [2.75, 3.05) is 0 Å². The average Bonchev–Trinajstić information content (AvgIpc) is 3.07. The van der Waals surface area contributed by atoms with E-state index in [1.54, 1.807) is 11.0 Å². The summed E-state index contributed by atoms with van der Waals surface area (Å²) in [5.41, 5.74) is 0.378. The fourth-order valence-electron chi connectivity index (χ4n) is 1.67. The van der Waals surface area contributed by atoms with E-state index in [2.05, 4.69) is 25.2 Å². The summed E-state index contributed by atoms with van der Waals surface area (Å²) in [7, 11) is 0. The molecule has 21 heavy (non-hydrogen) atoms. The van der Waals surface area contributed by atoms with E-state index in [1.165, 1.54) is 18.5 Å². The molecule has 0 bridgehead atoms. The van der Waals surface area contributed by atoms with Crippen molar-refractivity contribution in [2.24, 2.45) is 0 Å². The summed E-state index contributed by atoms with van der Waals surface area (Å²) >= 11 is 0. The Hall–Kier alpha value is -2.77. The standard InChI is InChI=1S/C13H14N6O2/c1-13(2,3)19-7-15-11(17-19)12-16-10(18-21-12)8-4-9(20)6-14-5-8/h4-7,20H,1-3H3. The normalized spacial score (nSPS) is 11.8. The SMILES string of the molecule is CC(C)(C)n1cnc(-c2nc(-c3cncc(O)c3)no2)n1. The first-order chi connectivity index (χ1) is 9.93. The lowest BCUT2D eigenvalue weighted by Crippen LogP contribution is -2.22. The third kappa shape index (κ3) is 2.60. The van der Waals surface area contributed by atoms with Gasteiger partial charge in [-0.05, 0) is 26.8 Å². The molecule has 0 aliphatic heterocycles. The van der Waals surface area contributed by atoms with E-state index in [4.69, 9.17) is 4.52 Å². The van der Waals surface area contributed by atoms with Crippen LogP contribution in [0.3, 0.4) is 0 Å². The van der Waals surface area contributed by atoms with Gasteiger partial charge in [-0.2, -0.15) is 4.98 Å². The number of nitrogens with zero attached hydrogens (tertiary/aromatic N) is 6. The van der Waals surface area contributed by atoms with Crippen LogP contribution in [0.2, 0.25) is 0 Å². The zero-order chi connectivity index (χ0) is 15.0. The van der Waals surface area contributed by atoms with E-state index in [1.807, 2.05) is 20.8 Å². The van der Waals surface area contributed by atoms with Gasteiger partial charge >= 0.3 is 0 Å². The summed E-state index contributed by atoms with van der Waals surface area (Å²) in [5.74, 6) is 0.933. The third-order valence-corrected chi connectivity index (χ3v) is 2.78. The van der Waals surface area contributed by atoms with Gasteiger partial charge in [0.15, 0.2) is 0 Å². The van der Waals surface area contributed by atoms with Crippen LogP contribution in [0.15, 0.2) is 29.3 Å². The minimum atomic E-state index is -0.177. The molecule has 3 rings (SSSR count). The molecular weight excluding hydrogens is 272 g/mol. The highest BCUT2D eigenvalue weighted by Crippen LogP contribution is 2.22. The van der Waals surface area contributed by atoms with E-state index in [0.717, 1.165) is 0 Å². The van der Waals surface area contributed by atoms with Crippen LogP contribution < -0.4 is 0 Å². The molecule has 3 aromatic rings.